The smallest absolute Gasteiger partial charge is 0.128 e. The first-order valence-electron chi connectivity index (χ1n) is 6.63. The molecule has 19 heavy (non-hydrogen) atoms. The van der Waals surface area contributed by atoms with E-state index in [-0.39, 0.29) is 10.8 Å². The van der Waals surface area contributed by atoms with Gasteiger partial charge in [0.05, 0.1) is 0 Å². The van der Waals surface area contributed by atoms with E-state index in [0.29, 0.717) is 29.6 Å². The third-order valence-corrected chi connectivity index (χ3v) is 3.28. The van der Waals surface area contributed by atoms with Gasteiger partial charge < -0.3 is 5.73 Å². The Labute approximate surface area is 120 Å². The maximum absolute atomic E-state index is 14.0. The van der Waals surface area contributed by atoms with Crippen LogP contribution in [0, 0.1) is 11.7 Å². The fourth-order valence-electron chi connectivity index (χ4n) is 1.97. The van der Waals surface area contributed by atoms with Gasteiger partial charge in [0.1, 0.15) is 10.8 Å². The molecule has 0 aromatic heterocycles. The average molecular weight is 282 g/mol. The third kappa shape index (κ3) is 4.88. The lowest BCUT2D eigenvalue weighted by Gasteiger charge is -2.28. The molecule has 0 atom stereocenters. The summed E-state index contributed by atoms with van der Waals surface area (Å²) in [5, 5.41) is 0. The highest BCUT2D eigenvalue weighted by Crippen LogP contribution is 2.16. The Kier molecular flexibility index (Phi) is 5.88. The first-order chi connectivity index (χ1) is 8.81. The summed E-state index contributed by atoms with van der Waals surface area (Å²) in [6.45, 7) is 10.2. The van der Waals surface area contributed by atoms with Crippen LogP contribution in [0.4, 0.5) is 4.39 Å². The van der Waals surface area contributed by atoms with Gasteiger partial charge in [-0.25, -0.2) is 4.39 Å². The maximum Gasteiger partial charge on any atom is 0.128 e. The van der Waals surface area contributed by atoms with E-state index < -0.39 is 0 Å². The normalized spacial score (nSPS) is 11.6. The van der Waals surface area contributed by atoms with Gasteiger partial charge in [-0.3, -0.25) is 4.90 Å². The molecule has 0 amide bonds. The summed E-state index contributed by atoms with van der Waals surface area (Å²) in [4.78, 5) is 2.50. The monoisotopic (exact) mass is 282 g/mol. The van der Waals surface area contributed by atoms with Crippen LogP contribution in [0.1, 0.15) is 38.8 Å². The summed E-state index contributed by atoms with van der Waals surface area (Å²) in [6.07, 6.45) is 0. The second-order valence-corrected chi connectivity index (χ2v) is 6.03. The van der Waals surface area contributed by atoms with Crippen molar-refractivity contribution in [2.24, 2.45) is 11.7 Å². The van der Waals surface area contributed by atoms with E-state index in [1.807, 2.05) is 0 Å². The van der Waals surface area contributed by atoms with Crippen LogP contribution in [-0.2, 0) is 6.54 Å². The van der Waals surface area contributed by atoms with Crippen LogP contribution in [0.25, 0.3) is 0 Å². The van der Waals surface area contributed by atoms with Gasteiger partial charge in [-0.15, -0.1) is 0 Å². The van der Waals surface area contributed by atoms with Crippen molar-refractivity contribution in [3.63, 3.8) is 0 Å². The summed E-state index contributed by atoms with van der Waals surface area (Å²) in [7, 11) is 0. The Hall–Kier alpha value is -1.00. The highest BCUT2D eigenvalue weighted by atomic mass is 32.1. The first kappa shape index (κ1) is 16.1. The molecule has 1 aromatic carbocycles. The fourth-order valence-corrected chi connectivity index (χ4v) is 2.10. The van der Waals surface area contributed by atoms with E-state index in [0.717, 1.165) is 6.54 Å². The lowest BCUT2D eigenvalue weighted by atomic mass is 10.1. The van der Waals surface area contributed by atoms with Crippen LogP contribution in [0.2, 0.25) is 0 Å². The van der Waals surface area contributed by atoms with Crippen molar-refractivity contribution in [2.45, 2.75) is 40.3 Å². The number of halogens is 1. The fraction of sp³-hybridized carbons (Fsp3) is 0.533. The van der Waals surface area contributed by atoms with Crippen LogP contribution in [-0.4, -0.2) is 22.5 Å². The Morgan fingerprint density at radius 3 is 2.37 bits per heavy atom. The van der Waals surface area contributed by atoms with E-state index in [2.05, 4.69) is 32.6 Å². The average Bonchev–Trinajstić information content (AvgIpc) is 2.29. The molecule has 0 saturated carbocycles. The van der Waals surface area contributed by atoms with Crippen LogP contribution < -0.4 is 5.73 Å². The summed E-state index contributed by atoms with van der Waals surface area (Å²) in [6, 6.07) is 5.37. The Bertz CT molecular complexity index is 444. The number of nitrogens with two attached hydrogens (primary N) is 1. The van der Waals surface area contributed by atoms with Gasteiger partial charge in [0.15, 0.2) is 0 Å². The quantitative estimate of drug-likeness (QED) is 0.812. The van der Waals surface area contributed by atoms with Gasteiger partial charge in [-0.05, 0) is 25.8 Å². The highest BCUT2D eigenvalue weighted by Gasteiger charge is 2.14. The third-order valence-electron chi connectivity index (χ3n) is 3.04. The summed E-state index contributed by atoms with van der Waals surface area (Å²) >= 11 is 4.85. The number of hydrogen-bond donors (Lipinski definition) is 1. The molecule has 2 nitrogen and oxygen atoms in total. The minimum absolute atomic E-state index is 0.230. The second-order valence-electron chi connectivity index (χ2n) is 5.59. The SMILES string of the molecule is CC(C)CN(Cc1ccc(C(N)=S)cc1F)C(C)C. The van der Waals surface area contributed by atoms with E-state index in [1.165, 1.54) is 6.07 Å². The van der Waals surface area contributed by atoms with Crippen molar-refractivity contribution >= 4 is 17.2 Å². The van der Waals surface area contributed by atoms with Crippen molar-refractivity contribution < 1.29 is 4.39 Å². The molecule has 2 N–H and O–H groups in total. The van der Waals surface area contributed by atoms with Gasteiger partial charge >= 0.3 is 0 Å². The molecule has 106 valence electrons. The van der Waals surface area contributed by atoms with Crippen LogP contribution in [0.3, 0.4) is 0 Å². The lowest BCUT2D eigenvalue weighted by Crippen LogP contribution is -2.33. The van der Waals surface area contributed by atoms with Crippen molar-refractivity contribution in [3.8, 4) is 0 Å². The molecule has 0 fully saturated rings. The molecule has 0 bridgehead atoms. The molecule has 0 radical (unpaired) electrons. The van der Waals surface area contributed by atoms with Crippen LogP contribution >= 0.6 is 12.2 Å². The molecule has 0 aliphatic carbocycles. The Balaban J connectivity index is 2.88. The topological polar surface area (TPSA) is 29.3 Å². The molecular formula is C15H23FN2S. The maximum atomic E-state index is 14.0. The summed E-state index contributed by atoms with van der Waals surface area (Å²) < 4.78 is 14.0. The summed E-state index contributed by atoms with van der Waals surface area (Å²) in [5.41, 5.74) is 6.77. The van der Waals surface area contributed by atoms with E-state index in [9.17, 15) is 4.39 Å². The van der Waals surface area contributed by atoms with Gasteiger partial charge in [0.2, 0.25) is 0 Å². The number of thiocarbonyl (C=S) groups is 1. The minimum Gasteiger partial charge on any atom is -0.389 e. The minimum atomic E-state index is -0.236. The molecular weight excluding hydrogens is 259 g/mol. The zero-order valence-electron chi connectivity index (χ0n) is 12.1. The molecule has 1 aromatic rings. The molecule has 0 unspecified atom stereocenters. The van der Waals surface area contributed by atoms with E-state index in [1.54, 1.807) is 12.1 Å². The van der Waals surface area contributed by atoms with Crippen molar-refractivity contribution in [1.29, 1.82) is 0 Å². The highest BCUT2D eigenvalue weighted by molar-refractivity contribution is 7.80. The van der Waals surface area contributed by atoms with Crippen molar-refractivity contribution in [2.75, 3.05) is 6.54 Å². The second kappa shape index (κ2) is 6.96. The van der Waals surface area contributed by atoms with Crippen LogP contribution in [0.15, 0.2) is 18.2 Å². The number of benzene rings is 1. The summed E-state index contributed by atoms with van der Waals surface area (Å²) in [5.74, 6) is 0.320. The predicted octanol–water partition coefficient (Wildman–Crippen LogP) is 3.33. The van der Waals surface area contributed by atoms with Crippen molar-refractivity contribution in [1.82, 2.24) is 4.90 Å². The van der Waals surface area contributed by atoms with Gasteiger partial charge in [-0.1, -0.05) is 38.2 Å². The zero-order valence-corrected chi connectivity index (χ0v) is 12.9. The molecule has 1 rings (SSSR count). The van der Waals surface area contributed by atoms with Gasteiger partial charge in [0, 0.05) is 30.3 Å². The van der Waals surface area contributed by atoms with Crippen LogP contribution in [0.5, 0.6) is 0 Å². The van der Waals surface area contributed by atoms with Gasteiger partial charge in [-0.2, -0.15) is 0 Å². The van der Waals surface area contributed by atoms with E-state index in [4.69, 9.17) is 18.0 Å². The van der Waals surface area contributed by atoms with Gasteiger partial charge in [0.25, 0.3) is 0 Å². The molecule has 0 spiro atoms. The molecule has 4 heteroatoms. The first-order valence-corrected chi connectivity index (χ1v) is 7.04. The Morgan fingerprint density at radius 1 is 1.32 bits per heavy atom. The lowest BCUT2D eigenvalue weighted by molar-refractivity contribution is 0.187. The molecule has 0 heterocycles. The molecule has 0 aliphatic heterocycles. The van der Waals surface area contributed by atoms with E-state index >= 15 is 0 Å². The zero-order chi connectivity index (χ0) is 14.6. The largest absolute Gasteiger partial charge is 0.389 e. The van der Waals surface area contributed by atoms with Crippen molar-refractivity contribution in [3.05, 3.63) is 35.1 Å². The standard InChI is InChI=1S/C15H23FN2S/c1-10(2)8-18(11(3)4)9-13-6-5-12(15(17)19)7-14(13)16/h5-7,10-11H,8-9H2,1-4H3,(H2,17,19). The predicted molar refractivity (Wildman–Crippen MR) is 82.7 cm³/mol. The number of hydrogen-bond acceptors (Lipinski definition) is 2. The Morgan fingerprint density at radius 2 is 1.95 bits per heavy atom. The number of rotatable bonds is 6. The number of nitrogens with zero attached hydrogens (tertiary/aromatic N) is 1. The molecule has 0 saturated heterocycles. The molecule has 0 aliphatic rings.